The van der Waals surface area contributed by atoms with Crippen LogP contribution in [0.1, 0.15) is 24.8 Å². The summed E-state index contributed by atoms with van der Waals surface area (Å²) < 4.78 is 5.39. The molecule has 1 N–H and O–H groups in total. The summed E-state index contributed by atoms with van der Waals surface area (Å²) in [4.78, 5) is 14.0. The summed E-state index contributed by atoms with van der Waals surface area (Å²) in [6.45, 7) is 0.772. The summed E-state index contributed by atoms with van der Waals surface area (Å²) in [6, 6.07) is 7.93. The summed E-state index contributed by atoms with van der Waals surface area (Å²) in [5, 5.41) is 3.17. The van der Waals surface area contributed by atoms with Crippen molar-refractivity contribution in [2.45, 2.75) is 24.8 Å². The van der Waals surface area contributed by atoms with Gasteiger partial charge in [0.05, 0.1) is 12.6 Å². The number of nitrogens with zero attached hydrogens (tertiary/aromatic N) is 1. The Kier molecular flexibility index (Phi) is 4.10. The summed E-state index contributed by atoms with van der Waals surface area (Å²) >= 11 is 0. The molecule has 0 unspecified atom stereocenters. The molecule has 0 heterocycles. The maximum absolute atomic E-state index is 12.0. The van der Waals surface area contributed by atoms with E-state index >= 15 is 0 Å². The number of ether oxygens (including phenoxy) is 1. The van der Waals surface area contributed by atoms with E-state index in [0.717, 1.165) is 30.7 Å². The van der Waals surface area contributed by atoms with Crippen molar-refractivity contribution in [1.29, 1.82) is 0 Å². The quantitative estimate of drug-likeness (QED) is 0.849. The molecule has 1 amide bonds. The summed E-state index contributed by atoms with van der Waals surface area (Å²) in [5.74, 6) is 0.963. The third-order valence-electron chi connectivity index (χ3n) is 3.54. The van der Waals surface area contributed by atoms with Gasteiger partial charge in [0, 0.05) is 18.5 Å². The van der Waals surface area contributed by atoms with Crippen LogP contribution in [-0.2, 0) is 10.3 Å². The Morgan fingerprint density at radius 3 is 2.63 bits per heavy atom. The molecular weight excluding hydrogens is 240 g/mol. The van der Waals surface area contributed by atoms with Crippen LogP contribution in [0.15, 0.2) is 24.3 Å². The Bertz CT molecular complexity index is 453. The average Bonchev–Trinajstić information content (AvgIpc) is 3.17. The fraction of sp³-hybridized carbons (Fsp3) is 0.533. The fourth-order valence-corrected chi connectivity index (χ4v) is 2.28. The molecular formula is C15H22N2O2. The zero-order valence-corrected chi connectivity index (χ0v) is 11.9. The first-order chi connectivity index (χ1) is 9.07. The number of nitrogens with one attached hydrogen (secondary N) is 1. The molecule has 4 nitrogen and oxygen atoms in total. The fourth-order valence-electron chi connectivity index (χ4n) is 2.28. The number of amides is 1. The second kappa shape index (κ2) is 5.61. The van der Waals surface area contributed by atoms with Gasteiger partial charge in [-0.05, 0) is 33.0 Å². The number of carbonyl (C=O) groups excluding carboxylic acids is 1. The summed E-state index contributed by atoms with van der Waals surface area (Å²) in [5.41, 5.74) is 0.895. The molecule has 0 saturated heterocycles. The van der Waals surface area contributed by atoms with Gasteiger partial charge in [-0.1, -0.05) is 18.2 Å². The van der Waals surface area contributed by atoms with Gasteiger partial charge in [-0.3, -0.25) is 4.79 Å². The van der Waals surface area contributed by atoms with Gasteiger partial charge in [-0.25, -0.2) is 0 Å². The number of methoxy groups -OCH3 is 1. The van der Waals surface area contributed by atoms with Crippen LogP contribution >= 0.6 is 0 Å². The van der Waals surface area contributed by atoms with E-state index in [1.54, 1.807) is 7.11 Å². The van der Waals surface area contributed by atoms with Crippen LogP contribution in [-0.4, -0.2) is 38.6 Å². The maximum Gasteiger partial charge on any atom is 0.221 e. The van der Waals surface area contributed by atoms with Crippen molar-refractivity contribution in [1.82, 2.24) is 10.2 Å². The van der Waals surface area contributed by atoms with E-state index in [4.69, 9.17) is 4.74 Å². The molecule has 1 aromatic rings. The Morgan fingerprint density at radius 1 is 1.37 bits per heavy atom. The van der Waals surface area contributed by atoms with Crippen molar-refractivity contribution < 1.29 is 9.53 Å². The van der Waals surface area contributed by atoms with E-state index in [1.165, 1.54) is 0 Å². The Balaban J connectivity index is 2.05. The van der Waals surface area contributed by atoms with Gasteiger partial charge in [0.25, 0.3) is 0 Å². The smallest absolute Gasteiger partial charge is 0.221 e. The van der Waals surface area contributed by atoms with Gasteiger partial charge < -0.3 is 15.0 Å². The van der Waals surface area contributed by atoms with Crippen molar-refractivity contribution >= 4 is 5.91 Å². The van der Waals surface area contributed by atoms with Gasteiger partial charge in [-0.2, -0.15) is 0 Å². The van der Waals surface area contributed by atoms with Crippen molar-refractivity contribution in [2.75, 3.05) is 27.7 Å². The second-order valence-corrected chi connectivity index (χ2v) is 5.38. The van der Waals surface area contributed by atoms with E-state index < -0.39 is 0 Å². The van der Waals surface area contributed by atoms with E-state index in [2.05, 4.69) is 5.32 Å². The lowest BCUT2D eigenvalue weighted by atomic mass is 10.0. The number of benzene rings is 1. The van der Waals surface area contributed by atoms with Crippen LogP contribution in [0.2, 0.25) is 0 Å². The average molecular weight is 262 g/mol. The molecule has 0 spiro atoms. The summed E-state index contributed by atoms with van der Waals surface area (Å²) in [7, 11) is 5.61. The number of hydrogen-bond acceptors (Lipinski definition) is 3. The van der Waals surface area contributed by atoms with Crippen LogP contribution in [0, 0.1) is 0 Å². The number of para-hydroxylation sites is 1. The third kappa shape index (κ3) is 3.26. The Labute approximate surface area is 114 Å². The monoisotopic (exact) mass is 262 g/mol. The summed E-state index contributed by atoms with van der Waals surface area (Å²) in [6.07, 6.45) is 2.51. The van der Waals surface area contributed by atoms with Crippen LogP contribution < -0.4 is 10.1 Å². The first-order valence-corrected chi connectivity index (χ1v) is 6.67. The van der Waals surface area contributed by atoms with Gasteiger partial charge in [0.15, 0.2) is 0 Å². The minimum Gasteiger partial charge on any atom is -0.496 e. The molecule has 1 aromatic carbocycles. The molecule has 1 fully saturated rings. The highest BCUT2D eigenvalue weighted by Gasteiger charge is 2.47. The minimum atomic E-state index is -0.198. The third-order valence-corrected chi connectivity index (χ3v) is 3.54. The molecule has 0 bridgehead atoms. The highest BCUT2D eigenvalue weighted by atomic mass is 16.5. The van der Waals surface area contributed by atoms with Crippen LogP contribution in [0.5, 0.6) is 5.75 Å². The molecule has 4 heteroatoms. The van der Waals surface area contributed by atoms with E-state index in [9.17, 15) is 4.79 Å². The first-order valence-electron chi connectivity index (χ1n) is 6.67. The topological polar surface area (TPSA) is 41.6 Å². The predicted molar refractivity (Wildman–Crippen MR) is 75.2 cm³/mol. The van der Waals surface area contributed by atoms with Gasteiger partial charge >= 0.3 is 0 Å². The molecule has 1 aliphatic carbocycles. The zero-order valence-electron chi connectivity index (χ0n) is 11.9. The van der Waals surface area contributed by atoms with Crippen LogP contribution in [0.25, 0.3) is 0 Å². The van der Waals surface area contributed by atoms with Gasteiger partial charge in [0.1, 0.15) is 5.75 Å². The molecule has 2 rings (SSSR count). The predicted octanol–water partition coefficient (Wildman–Crippen LogP) is 1.75. The van der Waals surface area contributed by atoms with Crippen molar-refractivity contribution in [3.05, 3.63) is 29.8 Å². The Hall–Kier alpha value is -1.55. The maximum atomic E-state index is 12.0. The normalized spacial score (nSPS) is 16.2. The molecule has 0 atom stereocenters. The highest BCUT2D eigenvalue weighted by molar-refractivity contribution is 5.78. The molecule has 1 aliphatic rings. The SMILES string of the molecule is COc1ccccc1C1(NC(=O)CCN(C)C)CC1. The van der Waals surface area contributed by atoms with Crippen molar-refractivity contribution in [2.24, 2.45) is 0 Å². The first kappa shape index (κ1) is 13.9. The molecule has 0 aliphatic heterocycles. The van der Waals surface area contributed by atoms with E-state index in [1.807, 2.05) is 43.3 Å². The van der Waals surface area contributed by atoms with E-state index in [0.29, 0.717) is 6.42 Å². The molecule has 104 valence electrons. The molecule has 1 saturated carbocycles. The van der Waals surface area contributed by atoms with Crippen LogP contribution in [0.3, 0.4) is 0 Å². The van der Waals surface area contributed by atoms with Crippen molar-refractivity contribution in [3.63, 3.8) is 0 Å². The highest BCUT2D eigenvalue weighted by Crippen LogP contribution is 2.48. The lowest BCUT2D eigenvalue weighted by Crippen LogP contribution is -2.36. The minimum absolute atomic E-state index is 0.108. The largest absolute Gasteiger partial charge is 0.496 e. The number of rotatable bonds is 6. The van der Waals surface area contributed by atoms with E-state index in [-0.39, 0.29) is 11.4 Å². The molecule has 0 radical (unpaired) electrons. The number of carbonyl (C=O) groups is 1. The van der Waals surface area contributed by atoms with Gasteiger partial charge in [0.2, 0.25) is 5.91 Å². The number of hydrogen-bond donors (Lipinski definition) is 1. The lowest BCUT2D eigenvalue weighted by Gasteiger charge is -2.21. The van der Waals surface area contributed by atoms with Crippen molar-refractivity contribution in [3.8, 4) is 5.75 Å². The molecule has 19 heavy (non-hydrogen) atoms. The molecule has 0 aromatic heterocycles. The second-order valence-electron chi connectivity index (χ2n) is 5.38. The zero-order chi connectivity index (χ0) is 13.9. The lowest BCUT2D eigenvalue weighted by molar-refractivity contribution is -0.122. The van der Waals surface area contributed by atoms with Gasteiger partial charge in [-0.15, -0.1) is 0 Å². The van der Waals surface area contributed by atoms with Crippen LogP contribution in [0.4, 0.5) is 0 Å². The standard InChI is InChI=1S/C15H22N2O2/c1-17(2)11-8-14(18)16-15(9-10-15)12-6-4-5-7-13(12)19-3/h4-7H,8-11H2,1-3H3,(H,16,18). The Morgan fingerprint density at radius 2 is 2.05 bits per heavy atom.